The van der Waals surface area contributed by atoms with Crippen molar-refractivity contribution >= 4 is 11.8 Å². The van der Waals surface area contributed by atoms with Crippen LogP contribution in [0, 0.1) is 0 Å². The number of likely N-dealkylation sites (N-methyl/N-ethyl adjacent to an activating group) is 1. The maximum atomic E-state index is 12.6. The average molecular weight is 379 g/mol. The highest BCUT2D eigenvalue weighted by Crippen LogP contribution is 2.13. The number of aromatic nitrogens is 4. The van der Waals surface area contributed by atoms with Crippen LogP contribution in [-0.4, -0.2) is 98.7 Å². The summed E-state index contributed by atoms with van der Waals surface area (Å²) in [5, 5.41) is 11.9. The predicted molar refractivity (Wildman–Crippen MR) is 96.6 cm³/mol. The van der Waals surface area contributed by atoms with Gasteiger partial charge in [-0.05, 0) is 30.7 Å². The molecule has 0 spiro atoms. The monoisotopic (exact) mass is 379 g/mol. The normalized spacial score (nSPS) is 21.7. The zero-order valence-electron chi connectivity index (χ0n) is 16.2. The summed E-state index contributed by atoms with van der Waals surface area (Å²) in [6.07, 6.45) is 1.04. The van der Waals surface area contributed by atoms with E-state index in [1.54, 1.807) is 14.5 Å². The van der Waals surface area contributed by atoms with Crippen LogP contribution in [0.25, 0.3) is 0 Å². The van der Waals surface area contributed by atoms with Crippen LogP contribution in [-0.2, 0) is 27.4 Å². The molecule has 1 aromatic rings. The number of nitrogens with zero attached hydrogens (tertiary/aromatic N) is 7. The van der Waals surface area contributed by atoms with Crippen LogP contribution in [0.15, 0.2) is 0 Å². The molecule has 0 saturated carbocycles. The van der Waals surface area contributed by atoms with E-state index < -0.39 is 0 Å². The first-order chi connectivity index (χ1) is 13.1. The Labute approximate surface area is 159 Å². The van der Waals surface area contributed by atoms with Gasteiger partial charge in [-0.1, -0.05) is 0 Å². The number of carbonyl (C=O) groups excluding carboxylic acids is 2. The third-order valence-corrected chi connectivity index (χ3v) is 5.28. The molecule has 2 fully saturated rings. The molecule has 0 unspecified atom stereocenters. The van der Waals surface area contributed by atoms with E-state index in [0.29, 0.717) is 45.6 Å². The lowest BCUT2D eigenvalue weighted by atomic mass is 10.1. The van der Waals surface area contributed by atoms with Crippen molar-refractivity contribution < 1.29 is 14.3 Å². The summed E-state index contributed by atoms with van der Waals surface area (Å²) in [5.41, 5.74) is 0. The number of ether oxygens (including phenoxy) is 1. The second-order valence-corrected chi connectivity index (χ2v) is 6.99. The van der Waals surface area contributed by atoms with E-state index in [0.717, 1.165) is 32.1 Å². The van der Waals surface area contributed by atoms with Crippen molar-refractivity contribution in [1.29, 1.82) is 0 Å². The zero-order valence-corrected chi connectivity index (χ0v) is 16.2. The van der Waals surface area contributed by atoms with Gasteiger partial charge in [0.2, 0.25) is 11.8 Å². The van der Waals surface area contributed by atoms with Gasteiger partial charge >= 0.3 is 0 Å². The smallest absolute Gasteiger partial charge is 0.245 e. The van der Waals surface area contributed by atoms with Gasteiger partial charge in [-0.15, -0.1) is 5.10 Å². The molecule has 0 radical (unpaired) electrons. The highest BCUT2D eigenvalue weighted by molar-refractivity contribution is 5.88. The van der Waals surface area contributed by atoms with E-state index in [4.69, 9.17) is 4.74 Å². The molecule has 2 amide bonds. The van der Waals surface area contributed by atoms with E-state index in [1.165, 1.54) is 0 Å². The molecule has 10 heteroatoms. The summed E-state index contributed by atoms with van der Waals surface area (Å²) in [6, 6.07) is -0.379. The van der Waals surface area contributed by atoms with E-state index in [-0.39, 0.29) is 17.9 Å². The molecule has 0 N–H and O–H groups in total. The molecule has 1 aromatic heterocycles. The molecule has 3 rings (SSSR count). The number of amides is 2. The molecule has 2 aliphatic rings. The predicted octanol–water partition coefficient (Wildman–Crippen LogP) is -0.635. The van der Waals surface area contributed by atoms with Crippen LogP contribution in [0.3, 0.4) is 0 Å². The summed E-state index contributed by atoms with van der Waals surface area (Å²) in [5.74, 6) is 0.865. The minimum atomic E-state index is -0.379. The lowest BCUT2D eigenvalue weighted by Gasteiger charge is -2.38. The molecule has 0 bridgehead atoms. The quantitative estimate of drug-likeness (QED) is 0.622. The molecule has 0 aromatic carbocycles. The van der Waals surface area contributed by atoms with Crippen molar-refractivity contribution in [2.45, 2.75) is 45.8 Å². The number of aryl methyl sites for hydroxylation is 1. The Balaban J connectivity index is 1.46. The molecule has 10 nitrogen and oxygen atoms in total. The number of piperazine rings is 1. The summed E-state index contributed by atoms with van der Waals surface area (Å²) < 4.78 is 7.13. The lowest BCUT2D eigenvalue weighted by molar-refractivity contribution is -0.150. The molecule has 0 aliphatic carbocycles. The average Bonchev–Trinajstić information content (AvgIpc) is 3.11. The Morgan fingerprint density at radius 3 is 2.74 bits per heavy atom. The highest BCUT2D eigenvalue weighted by atomic mass is 16.5. The fourth-order valence-electron chi connectivity index (χ4n) is 3.58. The Morgan fingerprint density at radius 1 is 1.22 bits per heavy atom. The minimum absolute atomic E-state index is 0.0226. The summed E-state index contributed by atoms with van der Waals surface area (Å²) in [7, 11) is 0. The second kappa shape index (κ2) is 9.23. The largest absolute Gasteiger partial charge is 0.379 e. The first-order valence-corrected chi connectivity index (χ1v) is 9.73. The second-order valence-electron chi connectivity index (χ2n) is 6.99. The van der Waals surface area contributed by atoms with E-state index in [9.17, 15) is 9.59 Å². The van der Waals surface area contributed by atoms with Crippen molar-refractivity contribution in [2.75, 3.05) is 45.9 Å². The van der Waals surface area contributed by atoms with Gasteiger partial charge in [-0.3, -0.25) is 14.5 Å². The SMILES string of the molecule is CCN1CCN(C(=O)CCCn2nnnc2CN2CCOCC2)[C@@H](C)C1=O. The third-order valence-electron chi connectivity index (χ3n) is 5.28. The molecule has 3 heterocycles. The number of carbonyl (C=O) groups is 2. The van der Waals surface area contributed by atoms with E-state index in [2.05, 4.69) is 20.4 Å². The maximum absolute atomic E-state index is 12.6. The minimum Gasteiger partial charge on any atom is -0.379 e. The van der Waals surface area contributed by atoms with Crippen LogP contribution in [0.2, 0.25) is 0 Å². The Morgan fingerprint density at radius 2 is 2.00 bits per heavy atom. The number of rotatable bonds is 7. The first-order valence-electron chi connectivity index (χ1n) is 9.73. The standard InChI is InChI=1S/C17H29N7O3/c1-3-22-7-8-23(14(2)17(22)26)16(25)5-4-6-24-15(18-19-20-24)13-21-9-11-27-12-10-21/h14H,3-13H2,1-2H3/t14-/m0/s1. The van der Waals surface area contributed by atoms with Crippen LogP contribution in [0.4, 0.5) is 0 Å². The number of morpholine rings is 1. The lowest BCUT2D eigenvalue weighted by Crippen LogP contribution is -2.57. The fraction of sp³-hybridized carbons (Fsp3) is 0.824. The molecule has 150 valence electrons. The Bertz CT molecular complexity index is 644. The highest BCUT2D eigenvalue weighted by Gasteiger charge is 2.33. The van der Waals surface area contributed by atoms with Crippen molar-refractivity contribution in [2.24, 2.45) is 0 Å². The fourth-order valence-corrected chi connectivity index (χ4v) is 3.58. The zero-order chi connectivity index (χ0) is 19.2. The van der Waals surface area contributed by atoms with Gasteiger partial charge in [0, 0.05) is 45.7 Å². The molecule has 2 saturated heterocycles. The van der Waals surface area contributed by atoms with Crippen LogP contribution in [0.5, 0.6) is 0 Å². The topological polar surface area (TPSA) is 96.7 Å². The van der Waals surface area contributed by atoms with Crippen LogP contribution < -0.4 is 0 Å². The van der Waals surface area contributed by atoms with Gasteiger partial charge in [0.25, 0.3) is 0 Å². The van der Waals surface area contributed by atoms with E-state index in [1.807, 2.05) is 13.8 Å². The van der Waals surface area contributed by atoms with Gasteiger partial charge < -0.3 is 14.5 Å². The summed E-state index contributed by atoms with van der Waals surface area (Å²) in [6.45, 7) is 10.2. The van der Waals surface area contributed by atoms with E-state index >= 15 is 0 Å². The van der Waals surface area contributed by atoms with Crippen molar-refractivity contribution in [3.05, 3.63) is 5.82 Å². The van der Waals surface area contributed by atoms with Gasteiger partial charge in [-0.25, -0.2) is 4.68 Å². The third kappa shape index (κ3) is 4.81. The van der Waals surface area contributed by atoms with Gasteiger partial charge in [-0.2, -0.15) is 0 Å². The van der Waals surface area contributed by atoms with Crippen molar-refractivity contribution in [1.82, 2.24) is 34.9 Å². The number of hydrogen-bond acceptors (Lipinski definition) is 7. The molecule has 2 aliphatic heterocycles. The van der Waals surface area contributed by atoms with Gasteiger partial charge in [0.15, 0.2) is 5.82 Å². The molecule has 1 atom stereocenters. The number of hydrogen-bond donors (Lipinski definition) is 0. The van der Waals surface area contributed by atoms with Gasteiger partial charge in [0.1, 0.15) is 6.04 Å². The Kier molecular flexibility index (Phi) is 6.73. The maximum Gasteiger partial charge on any atom is 0.245 e. The van der Waals surface area contributed by atoms with Gasteiger partial charge in [0.05, 0.1) is 19.8 Å². The summed E-state index contributed by atoms with van der Waals surface area (Å²) >= 11 is 0. The van der Waals surface area contributed by atoms with Crippen LogP contribution >= 0.6 is 0 Å². The van der Waals surface area contributed by atoms with Crippen molar-refractivity contribution in [3.8, 4) is 0 Å². The summed E-state index contributed by atoms with van der Waals surface area (Å²) in [4.78, 5) is 30.6. The van der Waals surface area contributed by atoms with Crippen LogP contribution in [0.1, 0.15) is 32.5 Å². The molecular formula is C17H29N7O3. The molecular weight excluding hydrogens is 350 g/mol. The molecule has 27 heavy (non-hydrogen) atoms. The first kappa shape index (κ1) is 19.7. The Hall–Kier alpha value is -2.07. The van der Waals surface area contributed by atoms with Crippen molar-refractivity contribution in [3.63, 3.8) is 0 Å². The number of tetrazole rings is 1.